The fourth-order valence-corrected chi connectivity index (χ4v) is 2.98. The van der Waals surface area contributed by atoms with E-state index in [0.717, 1.165) is 56.7 Å². The highest BCUT2D eigenvalue weighted by Crippen LogP contribution is 2.26. The van der Waals surface area contributed by atoms with Gasteiger partial charge in [-0.3, -0.25) is 14.7 Å². The summed E-state index contributed by atoms with van der Waals surface area (Å²) in [7, 11) is -0.326. The minimum Gasteiger partial charge on any atom is -0.402 e. The van der Waals surface area contributed by atoms with Crippen molar-refractivity contribution >= 4 is 19.0 Å². The first-order valence-electron chi connectivity index (χ1n) is 8.68. The van der Waals surface area contributed by atoms with Crippen molar-refractivity contribution in [2.45, 2.75) is 38.9 Å². The summed E-state index contributed by atoms with van der Waals surface area (Å²) in [6.45, 7) is 10.6. The molecule has 0 aromatic carbocycles. The predicted octanol–water partition coefficient (Wildman–Crippen LogP) is 0.307. The molecule has 0 aliphatic carbocycles. The Bertz CT molecular complexity index is 559. The van der Waals surface area contributed by atoms with Crippen LogP contribution in [0.3, 0.4) is 0 Å². The third-order valence-corrected chi connectivity index (χ3v) is 5.08. The van der Waals surface area contributed by atoms with Gasteiger partial charge < -0.3 is 14.2 Å². The topological polar surface area (TPSA) is 54.9 Å². The van der Waals surface area contributed by atoms with E-state index in [2.05, 4.69) is 16.0 Å². The van der Waals surface area contributed by atoms with Crippen molar-refractivity contribution in [3.63, 3.8) is 0 Å². The van der Waals surface area contributed by atoms with Crippen molar-refractivity contribution < 1.29 is 14.1 Å². The molecule has 3 heterocycles. The number of amides is 1. The standard InChI is InChI=1S/C17H26BN3O3/c1-14-17(2,3)24-18(23-14)15-4-5-16(19-12-15)6-7-20-8-10-21(13-22)11-9-20/h4-5,12-14H,6-11H2,1-3H3. The second kappa shape index (κ2) is 7.21. The average Bonchev–Trinajstić information content (AvgIpc) is 2.87. The second-order valence-electron chi connectivity index (χ2n) is 7.15. The molecule has 2 fully saturated rings. The van der Waals surface area contributed by atoms with Crippen molar-refractivity contribution in [3.8, 4) is 0 Å². The van der Waals surface area contributed by atoms with Crippen LogP contribution in [0.25, 0.3) is 0 Å². The zero-order chi connectivity index (χ0) is 17.2. The molecule has 2 aliphatic rings. The van der Waals surface area contributed by atoms with Gasteiger partial charge in [-0.25, -0.2) is 0 Å². The zero-order valence-electron chi connectivity index (χ0n) is 14.8. The fourth-order valence-electron chi connectivity index (χ4n) is 2.98. The molecule has 130 valence electrons. The molecule has 0 radical (unpaired) electrons. The first-order chi connectivity index (χ1) is 11.5. The van der Waals surface area contributed by atoms with Gasteiger partial charge in [0, 0.05) is 56.5 Å². The summed E-state index contributed by atoms with van der Waals surface area (Å²) in [5, 5.41) is 0. The maximum Gasteiger partial charge on any atom is 0.496 e. The number of aromatic nitrogens is 1. The number of nitrogens with zero attached hydrogens (tertiary/aromatic N) is 3. The maximum absolute atomic E-state index is 10.7. The number of carbonyl (C=O) groups excluding carboxylic acids is 1. The van der Waals surface area contributed by atoms with E-state index in [-0.39, 0.29) is 18.8 Å². The van der Waals surface area contributed by atoms with Crippen LogP contribution >= 0.6 is 0 Å². The van der Waals surface area contributed by atoms with Crippen LogP contribution in [-0.4, -0.2) is 72.7 Å². The van der Waals surface area contributed by atoms with Crippen LogP contribution in [0.4, 0.5) is 0 Å². The molecule has 24 heavy (non-hydrogen) atoms. The normalized spacial score (nSPS) is 24.4. The molecule has 1 atom stereocenters. The Kier molecular flexibility index (Phi) is 5.22. The number of hydrogen-bond acceptors (Lipinski definition) is 5. The SMILES string of the molecule is CC1OB(c2ccc(CCN3CCN(C=O)CC3)nc2)OC1(C)C. The van der Waals surface area contributed by atoms with Gasteiger partial charge in [-0.15, -0.1) is 0 Å². The third-order valence-electron chi connectivity index (χ3n) is 5.08. The van der Waals surface area contributed by atoms with Crippen molar-refractivity contribution in [3.05, 3.63) is 24.0 Å². The second-order valence-corrected chi connectivity index (χ2v) is 7.15. The van der Waals surface area contributed by atoms with Crippen molar-refractivity contribution in [2.24, 2.45) is 0 Å². The van der Waals surface area contributed by atoms with Gasteiger partial charge in [0.15, 0.2) is 0 Å². The highest BCUT2D eigenvalue weighted by atomic mass is 16.7. The maximum atomic E-state index is 10.7. The van der Waals surface area contributed by atoms with Gasteiger partial charge in [-0.1, -0.05) is 6.07 Å². The molecule has 2 saturated heterocycles. The lowest BCUT2D eigenvalue weighted by Gasteiger charge is -2.32. The lowest BCUT2D eigenvalue weighted by Crippen LogP contribution is -2.46. The minimum absolute atomic E-state index is 0.0622. The number of pyridine rings is 1. The molecule has 1 aromatic rings. The summed E-state index contributed by atoms with van der Waals surface area (Å²) in [5.74, 6) is 0. The Hall–Kier alpha value is -1.44. The quantitative estimate of drug-likeness (QED) is 0.574. The van der Waals surface area contributed by atoms with Crippen molar-refractivity contribution in [1.82, 2.24) is 14.8 Å². The first-order valence-corrected chi connectivity index (χ1v) is 8.68. The van der Waals surface area contributed by atoms with Crippen LogP contribution in [0.2, 0.25) is 0 Å². The number of hydrogen-bond donors (Lipinski definition) is 0. The zero-order valence-corrected chi connectivity index (χ0v) is 14.8. The molecule has 0 N–H and O–H groups in total. The molecule has 1 aromatic heterocycles. The van der Waals surface area contributed by atoms with Crippen LogP contribution in [0, 0.1) is 0 Å². The van der Waals surface area contributed by atoms with Gasteiger partial charge in [-0.05, 0) is 26.8 Å². The molecule has 3 rings (SSSR count). The van der Waals surface area contributed by atoms with Crippen molar-refractivity contribution in [2.75, 3.05) is 32.7 Å². The summed E-state index contributed by atoms with van der Waals surface area (Å²) >= 11 is 0. The van der Waals surface area contributed by atoms with Gasteiger partial charge in [-0.2, -0.15) is 0 Å². The van der Waals surface area contributed by atoms with E-state index in [1.54, 1.807) is 0 Å². The van der Waals surface area contributed by atoms with Crippen LogP contribution in [0.15, 0.2) is 18.3 Å². The lowest BCUT2D eigenvalue weighted by molar-refractivity contribution is -0.119. The van der Waals surface area contributed by atoms with Crippen LogP contribution in [-0.2, 0) is 20.5 Å². The highest BCUT2D eigenvalue weighted by molar-refractivity contribution is 6.61. The number of carbonyl (C=O) groups is 1. The smallest absolute Gasteiger partial charge is 0.402 e. The third kappa shape index (κ3) is 3.96. The first kappa shape index (κ1) is 17.4. The van der Waals surface area contributed by atoms with Gasteiger partial charge >= 0.3 is 7.12 Å². The fraction of sp³-hybridized carbons (Fsp3) is 0.647. The molecule has 6 nitrogen and oxygen atoms in total. The van der Waals surface area contributed by atoms with Gasteiger partial charge in [0.05, 0.1) is 11.7 Å². The Morgan fingerprint density at radius 1 is 1.33 bits per heavy atom. The van der Waals surface area contributed by atoms with E-state index in [4.69, 9.17) is 9.31 Å². The van der Waals surface area contributed by atoms with E-state index in [1.165, 1.54) is 0 Å². The van der Waals surface area contributed by atoms with E-state index in [0.29, 0.717) is 0 Å². The Morgan fingerprint density at radius 3 is 2.62 bits per heavy atom. The van der Waals surface area contributed by atoms with Gasteiger partial charge in [0.1, 0.15) is 0 Å². The Morgan fingerprint density at radius 2 is 2.08 bits per heavy atom. The average molecular weight is 331 g/mol. The highest BCUT2D eigenvalue weighted by Gasteiger charge is 2.43. The Labute approximate surface area is 144 Å². The molecule has 0 bridgehead atoms. The van der Waals surface area contributed by atoms with Crippen molar-refractivity contribution in [1.29, 1.82) is 0 Å². The van der Waals surface area contributed by atoms with Crippen LogP contribution in [0.1, 0.15) is 26.5 Å². The molecule has 0 saturated carbocycles. The molecule has 2 aliphatic heterocycles. The molecule has 1 amide bonds. The number of rotatable bonds is 5. The van der Waals surface area contributed by atoms with E-state index in [1.807, 2.05) is 37.9 Å². The largest absolute Gasteiger partial charge is 0.496 e. The van der Waals surface area contributed by atoms with E-state index < -0.39 is 0 Å². The lowest BCUT2D eigenvalue weighted by atomic mass is 9.80. The van der Waals surface area contributed by atoms with Crippen LogP contribution < -0.4 is 5.46 Å². The summed E-state index contributed by atoms with van der Waals surface area (Å²) < 4.78 is 11.8. The molecule has 7 heteroatoms. The summed E-state index contributed by atoms with van der Waals surface area (Å²) in [5.41, 5.74) is 1.77. The summed E-state index contributed by atoms with van der Waals surface area (Å²) in [6.07, 6.45) is 3.77. The molecular formula is C17H26BN3O3. The van der Waals surface area contributed by atoms with Crippen LogP contribution in [0.5, 0.6) is 0 Å². The Balaban J connectivity index is 1.50. The monoisotopic (exact) mass is 331 g/mol. The van der Waals surface area contributed by atoms with E-state index in [9.17, 15) is 4.79 Å². The van der Waals surface area contributed by atoms with Gasteiger partial charge in [0.2, 0.25) is 6.41 Å². The predicted molar refractivity (Wildman–Crippen MR) is 93.1 cm³/mol. The van der Waals surface area contributed by atoms with Gasteiger partial charge in [0.25, 0.3) is 0 Å². The molecule has 0 spiro atoms. The summed E-state index contributed by atoms with van der Waals surface area (Å²) in [6, 6.07) is 4.10. The summed E-state index contributed by atoms with van der Waals surface area (Å²) in [4.78, 5) is 19.5. The molecule has 1 unspecified atom stereocenters. The number of piperazine rings is 1. The molecular weight excluding hydrogens is 305 g/mol. The van der Waals surface area contributed by atoms with E-state index >= 15 is 0 Å². The minimum atomic E-state index is -0.326.